The standard InChI is InChI=1S/C13H16N2O3/c1-14(2)9(16)6-15-12(17)10-7-3-4-8(5-7)11(10)13(15)18/h3-4,7-8,10-11H,5-6H2,1-2H3. The molecule has 4 atom stereocenters. The van der Waals surface area contributed by atoms with Crippen LogP contribution in [0.5, 0.6) is 0 Å². The number of hydrogen-bond acceptors (Lipinski definition) is 3. The maximum Gasteiger partial charge on any atom is 0.242 e. The summed E-state index contributed by atoms with van der Waals surface area (Å²) in [7, 11) is 3.25. The molecule has 1 saturated carbocycles. The number of likely N-dealkylation sites (tertiary alicyclic amines) is 1. The Bertz CT molecular complexity index is 439. The van der Waals surface area contributed by atoms with E-state index in [1.165, 1.54) is 4.90 Å². The van der Waals surface area contributed by atoms with Gasteiger partial charge in [0.05, 0.1) is 11.8 Å². The van der Waals surface area contributed by atoms with E-state index in [0.29, 0.717) is 0 Å². The molecule has 2 aliphatic carbocycles. The minimum atomic E-state index is -0.211. The SMILES string of the molecule is CN(C)C(=O)CN1C(=O)C2C3C=CC(C3)C2C1=O. The van der Waals surface area contributed by atoms with Gasteiger partial charge in [0.1, 0.15) is 6.54 Å². The minimum absolute atomic E-state index is 0.114. The van der Waals surface area contributed by atoms with Gasteiger partial charge in [-0.3, -0.25) is 19.3 Å². The number of rotatable bonds is 2. The smallest absolute Gasteiger partial charge is 0.242 e. The molecule has 0 aromatic heterocycles. The van der Waals surface area contributed by atoms with Crippen LogP contribution >= 0.6 is 0 Å². The Morgan fingerprint density at radius 1 is 1.22 bits per heavy atom. The molecule has 1 aliphatic heterocycles. The molecule has 4 unspecified atom stereocenters. The molecule has 0 aromatic carbocycles. The molecule has 2 bridgehead atoms. The molecule has 3 rings (SSSR count). The fourth-order valence-corrected chi connectivity index (χ4v) is 3.40. The predicted molar refractivity (Wildman–Crippen MR) is 63.1 cm³/mol. The number of carbonyl (C=O) groups excluding carboxylic acids is 3. The summed E-state index contributed by atoms with van der Waals surface area (Å²) in [5.41, 5.74) is 0. The summed E-state index contributed by atoms with van der Waals surface area (Å²) in [5, 5.41) is 0. The summed E-state index contributed by atoms with van der Waals surface area (Å²) in [5.74, 6) is -0.525. The van der Waals surface area contributed by atoms with Gasteiger partial charge in [0.25, 0.3) is 0 Å². The highest BCUT2D eigenvalue weighted by Gasteiger charge is 2.59. The monoisotopic (exact) mass is 248 g/mol. The summed E-state index contributed by atoms with van der Waals surface area (Å²) in [6, 6.07) is 0. The van der Waals surface area contributed by atoms with Crippen LogP contribution in [-0.4, -0.2) is 48.2 Å². The summed E-state index contributed by atoms with van der Waals surface area (Å²) in [6.45, 7) is -0.114. The lowest BCUT2D eigenvalue weighted by Crippen LogP contribution is -2.41. The van der Waals surface area contributed by atoms with Crippen molar-refractivity contribution in [1.29, 1.82) is 0 Å². The van der Waals surface area contributed by atoms with Crippen LogP contribution in [0.3, 0.4) is 0 Å². The second kappa shape index (κ2) is 3.67. The summed E-state index contributed by atoms with van der Waals surface area (Å²) >= 11 is 0. The number of hydrogen-bond donors (Lipinski definition) is 0. The van der Waals surface area contributed by atoms with Crippen molar-refractivity contribution in [3.8, 4) is 0 Å². The Morgan fingerprint density at radius 3 is 2.17 bits per heavy atom. The van der Waals surface area contributed by atoms with Gasteiger partial charge in [0.2, 0.25) is 17.7 Å². The zero-order valence-electron chi connectivity index (χ0n) is 10.5. The molecule has 18 heavy (non-hydrogen) atoms. The van der Waals surface area contributed by atoms with Crippen LogP contribution in [0.25, 0.3) is 0 Å². The van der Waals surface area contributed by atoms with E-state index in [-0.39, 0.29) is 47.9 Å². The molecule has 5 nitrogen and oxygen atoms in total. The quantitative estimate of drug-likeness (QED) is 0.506. The lowest BCUT2D eigenvalue weighted by atomic mass is 9.85. The third-order valence-electron chi connectivity index (χ3n) is 4.35. The number of fused-ring (bicyclic) bond motifs is 5. The average Bonchev–Trinajstić information content (AvgIpc) is 2.98. The maximum atomic E-state index is 12.2. The Balaban J connectivity index is 1.82. The molecular formula is C13H16N2O3. The lowest BCUT2D eigenvalue weighted by Gasteiger charge is -2.18. The van der Waals surface area contributed by atoms with Crippen molar-refractivity contribution in [3.63, 3.8) is 0 Å². The zero-order valence-corrected chi connectivity index (χ0v) is 10.5. The van der Waals surface area contributed by atoms with Crippen LogP contribution < -0.4 is 0 Å². The van der Waals surface area contributed by atoms with Gasteiger partial charge in [-0.05, 0) is 18.3 Å². The third-order valence-corrected chi connectivity index (χ3v) is 4.35. The number of allylic oxidation sites excluding steroid dienone is 2. The molecule has 3 amide bonds. The van der Waals surface area contributed by atoms with Gasteiger partial charge < -0.3 is 4.90 Å². The Hall–Kier alpha value is -1.65. The normalized spacial score (nSPS) is 36.4. The third kappa shape index (κ3) is 1.36. The van der Waals surface area contributed by atoms with Crippen molar-refractivity contribution < 1.29 is 14.4 Å². The molecule has 0 radical (unpaired) electrons. The molecule has 3 aliphatic rings. The summed E-state index contributed by atoms with van der Waals surface area (Å²) in [4.78, 5) is 38.7. The van der Waals surface area contributed by atoms with E-state index in [1.807, 2.05) is 12.2 Å². The molecular weight excluding hydrogens is 232 g/mol. The van der Waals surface area contributed by atoms with Gasteiger partial charge in [-0.15, -0.1) is 0 Å². The van der Waals surface area contributed by atoms with Gasteiger partial charge in [0.15, 0.2) is 0 Å². The predicted octanol–water partition coefficient (Wildman–Crippen LogP) is -0.118. The van der Waals surface area contributed by atoms with Crippen molar-refractivity contribution in [2.75, 3.05) is 20.6 Å². The molecule has 5 heteroatoms. The fraction of sp³-hybridized carbons (Fsp3) is 0.615. The highest BCUT2D eigenvalue weighted by Crippen LogP contribution is 2.52. The van der Waals surface area contributed by atoms with Crippen LogP contribution in [-0.2, 0) is 14.4 Å². The highest BCUT2D eigenvalue weighted by atomic mass is 16.2. The zero-order chi connectivity index (χ0) is 13.0. The molecule has 1 heterocycles. The number of nitrogens with zero attached hydrogens (tertiary/aromatic N) is 2. The van der Waals surface area contributed by atoms with E-state index < -0.39 is 0 Å². The number of imide groups is 1. The second-order valence-electron chi connectivity index (χ2n) is 5.55. The van der Waals surface area contributed by atoms with Gasteiger partial charge in [-0.2, -0.15) is 0 Å². The lowest BCUT2D eigenvalue weighted by molar-refractivity contribution is -0.146. The Kier molecular flexibility index (Phi) is 2.33. The van der Waals surface area contributed by atoms with Crippen LogP contribution in [0.4, 0.5) is 0 Å². The van der Waals surface area contributed by atoms with E-state index in [2.05, 4.69) is 0 Å². The van der Waals surface area contributed by atoms with E-state index in [4.69, 9.17) is 0 Å². The van der Waals surface area contributed by atoms with E-state index in [9.17, 15) is 14.4 Å². The Labute approximate surface area is 105 Å². The first-order valence-corrected chi connectivity index (χ1v) is 6.24. The maximum absolute atomic E-state index is 12.2. The molecule has 96 valence electrons. The number of amides is 3. The van der Waals surface area contributed by atoms with Crippen LogP contribution in [0, 0.1) is 23.7 Å². The minimum Gasteiger partial charge on any atom is -0.347 e. The van der Waals surface area contributed by atoms with E-state index >= 15 is 0 Å². The van der Waals surface area contributed by atoms with Gasteiger partial charge in [-0.25, -0.2) is 0 Å². The number of likely N-dealkylation sites (N-methyl/N-ethyl adjacent to an activating group) is 1. The van der Waals surface area contributed by atoms with E-state index in [1.54, 1.807) is 14.1 Å². The van der Waals surface area contributed by atoms with Crippen molar-refractivity contribution in [3.05, 3.63) is 12.2 Å². The topological polar surface area (TPSA) is 57.7 Å². The number of carbonyl (C=O) groups is 3. The van der Waals surface area contributed by atoms with Gasteiger partial charge in [0, 0.05) is 14.1 Å². The molecule has 1 saturated heterocycles. The van der Waals surface area contributed by atoms with E-state index in [0.717, 1.165) is 11.3 Å². The van der Waals surface area contributed by atoms with Crippen molar-refractivity contribution in [2.24, 2.45) is 23.7 Å². The van der Waals surface area contributed by atoms with Gasteiger partial charge >= 0.3 is 0 Å². The molecule has 0 aromatic rings. The fourth-order valence-electron chi connectivity index (χ4n) is 3.40. The van der Waals surface area contributed by atoms with Gasteiger partial charge in [-0.1, -0.05) is 12.2 Å². The van der Waals surface area contributed by atoms with Crippen molar-refractivity contribution >= 4 is 17.7 Å². The van der Waals surface area contributed by atoms with Crippen LogP contribution in [0.1, 0.15) is 6.42 Å². The highest BCUT2D eigenvalue weighted by molar-refractivity contribution is 6.08. The molecule has 0 spiro atoms. The van der Waals surface area contributed by atoms with Crippen molar-refractivity contribution in [1.82, 2.24) is 9.80 Å². The summed E-state index contributed by atoms with van der Waals surface area (Å²) < 4.78 is 0. The molecule has 0 N–H and O–H groups in total. The van der Waals surface area contributed by atoms with Crippen LogP contribution in [0.2, 0.25) is 0 Å². The molecule has 2 fully saturated rings. The first-order valence-electron chi connectivity index (χ1n) is 6.24. The summed E-state index contributed by atoms with van der Waals surface area (Å²) in [6.07, 6.45) is 5.02. The van der Waals surface area contributed by atoms with Crippen molar-refractivity contribution in [2.45, 2.75) is 6.42 Å². The average molecular weight is 248 g/mol. The second-order valence-corrected chi connectivity index (χ2v) is 5.55. The largest absolute Gasteiger partial charge is 0.347 e. The first kappa shape index (κ1) is 11.4. The van der Waals surface area contributed by atoms with Crippen LogP contribution in [0.15, 0.2) is 12.2 Å². The Morgan fingerprint density at radius 2 is 1.72 bits per heavy atom. The first-order chi connectivity index (χ1) is 8.50.